The van der Waals surface area contributed by atoms with Gasteiger partial charge in [0.05, 0.1) is 12.2 Å². The molecule has 0 bridgehead atoms. The third-order valence-electron chi connectivity index (χ3n) is 3.46. The van der Waals surface area contributed by atoms with Gasteiger partial charge in [0, 0.05) is 11.1 Å². The minimum Gasteiger partial charge on any atom is -0.480 e. The van der Waals surface area contributed by atoms with Crippen molar-refractivity contribution in [2.24, 2.45) is 0 Å². The number of aliphatic hydroxyl groups excluding tert-OH is 2. The molecular formula is C16H20N2O8. The van der Waals surface area contributed by atoms with Gasteiger partial charge < -0.3 is 31.1 Å². The summed E-state index contributed by atoms with van der Waals surface area (Å²) >= 11 is 0. The molecule has 6 N–H and O–H groups in total. The fourth-order valence-corrected chi connectivity index (χ4v) is 2.03. The van der Waals surface area contributed by atoms with E-state index in [0.717, 1.165) is 6.07 Å². The highest BCUT2D eigenvalue weighted by molar-refractivity contribution is 6.01. The first-order chi connectivity index (χ1) is 12.0. The fraction of sp³-hybridized carbons (Fsp3) is 0.375. The Morgan fingerprint density at radius 3 is 1.42 bits per heavy atom. The molecule has 2 amide bonds. The van der Waals surface area contributed by atoms with E-state index >= 15 is 0 Å². The second kappa shape index (κ2) is 8.92. The first-order valence-electron chi connectivity index (χ1n) is 7.58. The second-order valence-corrected chi connectivity index (χ2v) is 5.64. The number of hydrogen-bond acceptors (Lipinski definition) is 6. The Morgan fingerprint density at radius 2 is 1.15 bits per heavy atom. The highest BCUT2D eigenvalue weighted by Gasteiger charge is 2.27. The largest absolute Gasteiger partial charge is 0.480 e. The smallest absolute Gasteiger partial charge is 0.328 e. The molecule has 142 valence electrons. The lowest BCUT2D eigenvalue weighted by Gasteiger charge is -2.18. The van der Waals surface area contributed by atoms with E-state index in [9.17, 15) is 29.4 Å². The minimum atomic E-state index is -1.54. The van der Waals surface area contributed by atoms with Gasteiger partial charge in [0.1, 0.15) is 0 Å². The summed E-state index contributed by atoms with van der Waals surface area (Å²) in [4.78, 5) is 46.3. The Hall–Kier alpha value is -2.98. The van der Waals surface area contributed by atoms with Gasteiger partial charge in [-0.3, -0.25) is 9.59 Å². The normalized spacial score (nSPS) is 15.2. The molecule has 0 radical (unpaired) electrons. The van der Waals surface area contributed by atoms with E-state index < -0.39 is 48.0 Å². The number of carboxylic acids is 2. The number of amides is 2. The van der Waals surface area contributed by atoms with E-state index in [2.05, 4.69) is 10.6 Å². The van der Waals surface area contributed by atoms with Crippen LogP contribution in [-0.2, 0) is 9.59 Å². The molecule has 0 saturated heterocycles. The molecule has 1 aromatic carbocycles. The SMILES string of the molecule is C[C@@H](O)[C@H](NC(=O)c1cccc(C(=O)N[C@H](C(=O)O)[C@@H](C)O)c1)C(=O)O. The zero-order valence-corrected chi connectivity index (χ0v) is 14.0. The van der Waals surface area contributed by atoms with Crippen LogP contribution in [0.15, 0.2) is 24.3 Å². The van der Waals surface area contributed by atoms with E-state index in [1.165, 1.54) is 32.0 Å². The van der Waals surface area contributed by atoms with Gasteiger partial charge in [-0.15, -0.1) is 0 Å². The lowest BCUT2D eigenvalue weighted by atomic mass is 10.1. The molecule has 1 rings (SSSR count). The molecule has 0 spiro atoms. The molecule has 4 atom stereocenters. The number of benzene rings is 1. The molecule has 10 nitrogen and oxygen atoms in total. The van der Waals surface area contributed by atoms with Crippen molar-refractivity contribution in [1.29, 1.82) is 0 Å². The van der Waals surface area contributed by atoms with Crippen LogP contribution in [0.2, 0.25) is 0 Å². The Labute approximate surface area is 148 Å². The van der Waals surface area contributed by atoms with Crippen LogP contribution in [0.25, 0.3) is 0 Å². The number of nitrogens with one attached hydrogen (secondary N) is 2. The molecule has 1 aromatic rings. The highest BCUT2D eigenvalue weighted by Crippen LogP contribution is 2.08. The van der Waals surface area contributed by atoms with Gasteiger partial charge in [0.25, 0.3) is 11.8 Å². The van der Waals surface area contributed by atoms with E-state index in [0.29, 0.717) is 0 Å². The molecular weight excluding hydrogens is 348 g/mol. The van der Waals surface area contributed by atoms with Gasteiger partial charge in [-0.2, -0.15) is 0 Å². The molecule has 0 saturated carbocycles. The second-order valence-electron chi connectivity index (χ2n) is 5.64. The predicted molar refractivity (Wildman–Crippen MR) is 87.6 cm³/mol. The van der Waals surface area contributed by atoms with Crippen molar-refractivity contribution in [3.8, 4) is 0 Å². The Kier molecular flexibility index (Phi) is 7.23. The first-order valence-corrected chi connectivity index (χ1v) is 7.58. The van der Waals surface area contributed by atoms with E-state index in [-0.39, 0.29) is 11.1 Å². The molecule has 0 aromatic heterocycles. The third-order valence-corrected chi connectivity index (χ3v) is 3.46. The van der Waals surface area contributed by atoms with Gasteiger partial charge >= 0.3 is 11.9 Å². The zero-order chi connectivity index (χ0) is 20.0. The monoisotopic (exact) mass is 368 g/mol. The van der Waals surface area contributed by atoms with Gasteiger partial charge in [-0.1, -0.05) is 6.07 Å². The number of carbonyl (C=O) groups excluding carboxylic acids is 2. The van der Waals surface area contributed by atoms with Crippen molar-refractivity contribution in [1.82, 2.24) is 10.6 Å². The third kappa shape index (κ3) is 5.53. The van der Waals surface area contributed by atoms with Crippen molar-refractivity contribution in [3.05, 3.63) is 35.4 Å². The summed E-state index contributed by atoms with van der Waals surface area (Å²) in [5.41, 5.74) is -0.123. The van der Waals surface area contributed by atoms with Crippen LogP contribution >= 0.6 is 0 Å². The molecule has 0 aliphatic heterocycles. The van der Waals surface area contributed by atoms with Crippen molar-refractivity contribution in [2.45, 2.75) is 38.1 Å². The van der Waals surface area contributed by atoms with Crippen LogP contribution < -0.4 is 10.6 Å². The zero-order valence-electron chi connectivity index (χ0n) is 14.0. The fourth-order valence-electron chi connectivity index (χ4n) is 2.03. The summed E-state index contributed by atoms with van der Waals surface area (Å²) in [6.07, 6.45) is -2.68. The van der Waals surface area contributed by atoms with Crippen LogP contribution in [0.3, 0.4) is 0 Å². The maximum atomic E-state index is 12.1. The van der Waals surface area contributed by atoms with Crippen molar-refractivity contribution < 1.29 is 39.6 Å². The Bertz CT molecular complexity index is 646. The molecule has 0 unspecified atom stereocenters. The lowest BCUT2D eigenvalue weighted by Crippen LogP contribution is -2.48. The maximum Gasteiger partial charge on any atom is 0.328 e. The number of aliphatic carboxylic acids is 2. The lowest BCUT2D eigenvalue weighted by molar-refractivity contribution is -0.142. The van der Waals surface area contributed by atoms with Crippen LogP contribution in [0, 0.1) is 0 Å². The standard InChI is InChI=1S/C16H20N2O8/c1-7(19)11(15(23)24)17-13(21)9-4-3-5-10(6-9)14(22)18-12(8(2)20)16(25)26/h3-8,11-12,19-20H,1-2H3,(H,17,21)(H,18,22)(H,23,24)(H,25,26)/t7-,8-,11+,12+/m1/s1. The molecule has 0 aliphatic rings. The average Bonchev–Trinajstić information content (AvgIpc) is 2.55. The van der Waals surface area contributed by atoms with Crippen molar-refractivity contribution >= 4 is 23.8 Å². The maximum absolute atomic E-state index is 12.1. The van der Waals surface area contributed by atoms with Crippen molar-refractivity contribution in [2.75, 3.05) is 0 Å². The Balaban J connectivity index is 2.96. The number of carboxylic acid groups (broad SMARTS) is 2. The van der Waals surface area contributed by atoms with E-state index in [1.807, 2.05) is 0 Å². The van der Waals surface area contributed by atoms with Crippen LogP contribution in [0.1, 0.15) is 34.6 Å². The Morgan fingerprint density at radius 1 is 0.808 bits per heavy atom. The van der Waals surface area contributed by atoms with Gasteiger partial charge in [0.2, 0.25) is 0 Å². The number of rotatable bonds is 8. The minimum absolute atomic E-state index is 0.0616. The summed E-state index contributed by atoms with van der Waals surface area (Å²) in [6.45, 7) is 2.40. The summed E-state index contributed by atoms with van der Waals surface area (Å²) in [7, 11) is 0. The highest BCUT2D eigenvalue weighted by atomic mass is 16.4. The van der Waals surface area contributed by atoms with Crippen LogP contribution in [0.5, 0.6) is 0 Å². The topological polar surface area (TPSA) is 173 Å². The predicted octanol–water partition coefficient (Wildman–Crippen LogP) is -1.19. The molecule has 0 fully saturated rings. The molecule has 0 aliphatic carbocycles. The van der Waals surface area contributed by atoms with Gasteiger partial charge in [-0.25, -0.2) is 9.59 Å². The van der Waals surface area contributed by atoms with E-state index in [4.69, 9.17) is 10.2 Å². The summed E-state index contributed by atoms with van der Waals surface area (Å²) in [5.74, 6) is -4.52. The average molecular weight is 368 g/mol. The first kappa shape index (κ1) is 21.1. The van der Waals surface area contributed by atoms with E-state index in [1.54, 1.807) is 0 Å². The van der Waals surface area contributed by atoms with Gasteiger partial charge in [-0.05, 0) is 32.0 Å². The van der Waals surface area contributed by atoms with Crippen LogP contribution in [-0.4, -0.2) is 68.5 Å². The number of hydrogen-bond donors (Lipinski definition) is 6. The summed E-state index contributed by atoms with van der Waals surface area (Å²) in [6, 6.07) is 2.04. The number of aliphatic hydroxyl groups is 2. The van der Waals surface area contributed by atoms with Gasteiger partial charge in [0.15, 0.2) is 12.1 Å². The van der Waals surface area contributed by atoms with Crippen LogP contribution in [0.4, 0.5) is 0 Å². The molecule has 26 heavy (non-hydrogen) atoms. The summed E-state index contributed by atoms with van der Waals surface area (Å²) in [5, 5.41) is 40.9. The summed E-state index contributed by atoms with van der Waals surface area (Å²) < 4.78 is 0. The molecule has 10 heteroatoms. The number of carbonyl (C=O) groups is 4. The van der Waals surface area contributed by atoms with Crippen molar-refractivity contribution in [3.63, 3.8) is 0 Å². The quantitative estimate of drug-likeness (QED) is 0.332. The molecule has 0 heterocycles.